The van der Waals surface area contributed by atoms with Gasteiger partial charge in [-0.3, -0.25) is 15.4 Å². The lowest BCUT2D eigenvalue weighted by molar-refractivity contribution is 0.565. The van der Waals surface area contributed by atoms with Crippen LogP contribution in [-0.2, 0) is 0 Å². The number of hydrogen-bond donors (Lipinski definition) is 4. The quantitative estimate of drug-likeness (QED) is 0.469. The number of aryl methyl sites for hydroxylation is 1. The number of hydrogen-bond acceptors (Lipinski definition) is 5. The summed E-state index contributed by atoms with van der Waals surface area (Å²) in [5.74, 6) is -1.32. The van der Waals surface area contributed by atoms with Crippen LogP contribution in [-0.4, -0.2) is 16.1 Å². The number of nitrogens with two attached hydrogens (primary N) is 1. The summed E-state index contributed by atoms with van der Waals surface area (Å²) in [6, 6.07) is 4.18. The summed E-state index contributed by atoms with van der Waals surface area (Å²) in [5.41, 5.74) is 8.81. The molecule has 0 radical (unpaired) electrons. The van der Waals surface area contributed by atoms with E-state index in [2.05, 4.69) is 6.58 Å². The normalized spacial score (nSPS) is 16.5. The van der Waals surface area contributed by atoms with Crippen molar-refractivity contribution in [1.29, 1.82) is 16.2 Å². The molecular weight excluding hydrogens is 374 g/mol. The van der Waals surface area contributed by atoms with E-state index in [-0.39, 0.29) is 28.3 Å². The smallest absolute Gasteiger partial charge is 0.133 e. The Morgan fingerprint density at radius 2 is 1.83 bits per heavy atom. The first kappa shape index (κ1) is 20.2. The maximum Gasteiger partial charge on any atom is 0.133 e. The number of benzene rings is 1. The van der Waals surface area contributed by atoms with Crippen molar-refractivity contribution in [2.45, 2.75) is 26.8 Å². The summed E-state index contributed by atoms with van der Waals surface area (Å²) in [7, 11) is 0. The van der Waals surface area contributed by atoms with Gasteiger partial charge in [-0.2, -0.15) is 0 Å². The van der Waals surface area contributed by atoms with Crippen LogP contribution in [0.3, 0.4) is 0 Å². The third-order valence-corrected chi connectivity index (χ3v) is 4.96. The van der Waals surface area contributed by atoms with Crippen molar-refractivity contribution in [2.24, 2.45) is 5.73 Å². The van der Waals surface area contributed by atoms with Gasteiger partial charge in [0.05, 0.1) is 23.1 Å². The second-order valence-electron chi connectivity index (χ2n) is 7.02. The predicted octanol–water partition coefficient (Wildman–Crippen LogP) is 3.73. The van der Waals surface area contributed by atoms with Crippen molar-refractivity contribution < 1.29 is 8.78 Å². The Labute approximate surface area is 167 Å². The van der Waals surface area contributed by atoms with Crippen molar-refractivity contribution in [1.82, 2.24) is 4.57 Å². The third-order valence-electron chi connectivity index (χ3n) is 4.96. The molecule has 8 heteroatoms. The molecule has 5 N–H and O–H groups in total. The molecule has 1 aromatic heterocycles. The van der Waals surface area contributed by atoms with E-state index in [1.807, 2.05) is 0 Å². The predicted molar refractivity (Wildman–Crippen MR) is 109 cm³/mol. The van der Waals surface area contributed by atoms with E-state index in [0.717, 1.165) is 12.1 Å². The molecule has 0 fully saturated rings. The highest BCUT2D eigenvalue weighted by molar-refractivity contribution is 6.01. The zero-order valence-electron chi connectivity index (χ0n) is 16.4. The van der Waals surface area contributed by atoms with Crippen LogP contribution in [0.4, 0.5) is 14.5 Å². The second-order valence-corrected chi connectivity index (χ2v) is 7.02. The number of halogens is 2. The van der Waals surface area contributed by atoms with E-state index < -0.39 is 17.7 Å². The molecule has 1 aromatic carbocycles. The lowest BCUT2D eigenvalue weighted by Gasteiger charge is -2.31. The highest BCUT2D eigenvalue weighted by Gasteiger charge is 2.39. The van der Waals surface area contributed by atoms with Gasteiger partial charge in [-0.05, 0) is 38.5 Å². The van der Waals surface area contributed by atoms with Crippen LogP contribution in [0.5, 0.6) is 0 Å². The van der Waals surface area contributed by atoms with Crippen LogP contribution in [0.25, 0.3) is 0 Å². The van der Waals surface area contributed by atoms with Gasteiger partial charge in [0.25, 0.3) is 0 Å². The molecule has 0 saturated heterocycles. The molecule has 0 amide bonds. The Balaban J connectivity index is 2.30. The fraction of sp³-hybridized carbons (Fsp3) is 0.190. The summed E-state index contributed by atoms with van der Waals surface area (Å²) >= 11 is 0. The summed E-state index contributed by atoms with van der Waals surface area (Å²) in [5, 5.41) is 24.3. The minimum Gasteiger partial charge on any atom is -0.397 e. The molecule has 0 spiro atoms. The Morgan fingerprint density at radius 1 is 1.17 bits per heavy atom. The number of rotatable bonds is 3. The topological polar surface area (TPSA) is 106 Å². The molecular formula is C21H22F2N6. The van der Waals surface area contributed by atoms with Gasteiger partial charge in [0.2, 0.25) is 0 Å². The van der Waals surface area contributed by atoms with Gasteiger partial charge in [-0.25, -0.2) is 8.78 Å². The third kappa shape index (κ3) is 3.26. The molecule has 1 atom stereocenters. The lowest BCUT2D eigenvalue weighted by Crippen LogP contribution is -2.31. The van der Waals surface area contributed by atoms with Crippen molar-refractivity contribution in [3.8, 4) is 0 Å². The Morgan fingerprint density at radius 3 is 2.38 bits per heavy atom. The molecule has 0 bridgehead atoms. The van der Waals surface area contributed by atoms with Crippen molar-refractivity contribution >= 4 is 17.2 Å². The van der Waals surface area contributed by atoms with E-state index in [4.69, 9.17) is 22.0 Å². The molecule has 1 aliphatic rings. The van der Waals surface area contributed by atoms with Gasteiger partial charge in [0, 0.05) is 29.1 Å². The molecule has 2 heterocycles. The van der Waals surface area contributed by atoms with Crippen LogP contribution in [0.2, 0.25) is 0 Å². The van der Waals surface area contributed by atoms with Crippen LogP contribution in [0.15, 0.2) is 54.0 Å². The van der Waals surface area contributed by atoms with Gasteiger partial charge in [-0.15, -0.1) is 0 Å². The minimum atomic E-state index is -0.823. The molecule has 150 valence electrons. The fourth-order valence-electron chi connectivity index (χ4n) is 3.56. The van der Waals surface area contributed by atoms with Crippen LogP contribution >= 0.6 is 0 Å². The standard InChI is InChI=1S/C21H22F2N6/c1-10-7-15(9-28(13(4)25)21(10)27)29-12(3)19(26)18(11(2)24)20(29)16-6-5-14(22)8-17(16)23/h5-9,20,24-25,27H,3,26H2,1-2,4H3. The van der Waals surface area contributed by atoms with Crippen molar-refractivity contribution in [3.63, 3.8) is 0 Å². The van der Waals surface area contributed by atoms with E-state index in [1.54, 1.807) is 37.9 Å². The average Bonchev–Trinajstić information content (AvgIpc) is 2.88. The van der Waals surface area contributed by atoms with Crippen LogP contribution in [0.1, 0.15) is 31.0 Å². The molecule has 3 rings (SSSR count). The maximum atomic E-state index is 14.7. The molecule has 6 nitrogen and oxygen atoms in total. The maximum absolute atomic E-state index is 14.7. The van der Waals surface area contributed by atoms with Gasteiger partial charge in [-0.1, -0.05) is 12.6 Å². The van der Waals surface area contributed by atoms with Crippen molar-refractivity contribution in [2.75, 3.05) is 4.90 Å². The summed E-state index contributed by atoms with van der Waals surface area (Å²) in [6.45, 7) is 8.85. The monoisotopic (exact) mass is 396 g/mol. The molecule has 0 aliphatic carbocycles. The number of anilines is 1. The van der Waals surface area contributed by atoms with Gasteiger partial charge in [0.15, 0.2) is 0 Å². The number of nitrogens with zero attached hydrogens (tertiary/aromatic N) is 2. The Bertz CT molecular complexity index is 1160. The number of aromatic nitrogens is 1. The summed E-state index contributed by atoms with van der Waals surface area (Å²) in [4.78, 5) is 1.66. The average molecular weight is 396 g/mol. The van der Waals surface area contributed by atoms with E-state index in [0.29, 0.717) is 22.5 Å². The Kier molecular flexibility index (Phi) is 4.96. The van der Waals surface area contributed by atoms with E-state index in [1.165, 1.54) is 10.6 Å². The molecule has 0 saturated carbocycles. The number of pyridine rings is 1. The molecule has 2 aromatic rings. The van der Waals surface area contributed by atoms with Crippen LogP contribution in [0, 0.1) is 34.8 Å². The first-order valence-corrected chi connectivity index (χ1v) is 8.86. The number of nitrogens with one attached hydrogen (secondary N) is 3. The van der Waals surface area contributed by atoms with Crippen molar-refractivity contribution in [3.05, 3.63) is 82.3 Å². The first-order valence-electron chi connectivity index (χ1n) is 8.86. The molecule has 1 aliphatic heterocycles. The van der Waals surface area contributed by atoms with E-state index in [9.17, 15) is 8.78 Å². The van der Waals surface area contributed by atoms with E-state index >= 15 is 0 Å². The summed E-state index contributed by atoms with van der Waals surface area (Å²) in [6.07, 6.45) is 1.58. The second kappa shape index (κ2) is 7.12. The fourth-order valence-corrected chi connectivity index (χ4v) is 3.56. The largest absolute Gasteiger partial charge is 0.397 e. The highest BCUT2D eigenvalue weighted by atomic mass is 19.1. The Hall–Kier alpha value is -3.55. The van der Waals surface area contributed by atoms with Gasteiger partial charge >= 0.3 is 0 Å². The zero-order chi connectivity index (χ0) is 21.6. The summed E-state index contributed by atoms with van der Waals surface area (Å²) < 4.78 is 29.6. The lowest BCUT2D eigenvalue weighted by atomic mass is 9.95. The van der Waals surface area contributed by atoms with Crippen LogP contribution < -0.4 is 16.1 Å². The molecule has 1 unspecified atom stereocenters. The van der Waals surface area contributed by atoms with Gasteiger partial charge < -0.3 is 16.0 Å². The zero-order valence-corrected chi connectivity index (χ0v) is 16.4. The minimum absolute atomic E-state index is 0.138. The first-order chi connectivity index (χ1) is 13.5. The highest BCUT2D eigenvalue weighted by Crippen LogP contribution is 2.44. The SMILES string of the molecule is C=C1C(N)=C(C(C)=N)C(c2ccc(F)cc2F)N1c1cc(C)c(=N)n(C(C)=N)c1. The van der Waals surface area contributed by atoms with Gasteiger partial charge in [0.1, 0.15) is 23.0 Å². The molecule has 29 heavy (non-hydrogen) atoms.